The van der Waals surface area contributed by atoms with Crippen LogP contribution in [-0.2, 0) is 4.79 Å². The van der Waals surface area contributed by atoms with Gasteiger partial charge in [-0.2, -0.15) is 4.37 Å². The van der Waals surface area contributed by atoms with Crippen molar-refractivity contribution in [3.8, 4) is 0 Å². The van der Waals surface area contributed by atoms with Crippen molar-refractivity contribution < 1.29 is 4.79 Å². The number of likely N-dealkylation sites (N-methyl/N-ethyl adjacent to an activating group) is 1. The lowest BCUT2D eigenvalue weighted by Gasteiger charge is -2.11. The Morgan fingerprint density at radius 3 is 2.86 bits per heavy atom. The van der Waals surface area contributed by atoms with E-state index < -0.39 is 0 Å². The Labute approximate surface area is 87.1 Å². The van der Waals surface area contributed by atoms with Crippen LogP contribution in [0.25, 0.3) is 0 Å². The first kappa shape index (κ1) is 10.9. The quantitative estimate of drug-likeness (QED) is 0.777. The molecule has 1 aromatic heterocycles. The van der Waals surface area contributed by atoms with Crippen molar-refractivity contribution in [3.63, 3.8) is 0 Å². The number of aromatic nitrogens is 2. The van der Waals surface area contributed by atoms with Crippen LogP contribution < -0.4 is 10.6 Å². The van der Waals surface area contributed by atoms with Gasteiger partial charge in [0.15, 0.2) is 0 Å². The molecule has 0 bridgehead atoms. The molecule has 0 aliphatic heterocycles. The Hall–Kier alpha value is -1.17. The Morgan fingerprint density at radius 1 is 1.64 bits per heavy atom. The maximum atomic E-state index is 11.3. The van der Waals surface area contributed by atoms with Gasteiger partial charge in [-0.3, -0.25) is 4.79 Å². The first-order valence-corrected chi connectivity index (χ1v) is 5.25. The number of hydrogen-bond donors (Lipinski definition) is 2. The van der Waals surface area contributed by atoms with Crippen LogP contribution in [0.2, 0.25) is 0 Å². The van der Waals surface area contributed by atoms with Crippen LogP contribution in [0.3, 0.4) is 0 Å². The lowest BCUT2D eigenvalue weighted by Crippen LogP contribution is -2.37. The molecular weight excluding hydrogens is 200 g/mol. The molecule has 1 amide bonds. The minimum atomic E-state index is -0.276. The first-order valence-electron chi connectivity index (χ1n) is 4.48. The number of carbonyl (C=O) groups is 1. The molecule has 1 unspecified atom stereocenters. The van der Waals surface area contributed by atoms with Gasteiger partial charge in [0.25, 0.3) is 0 Å². The third kappa shape index (κ3) is 2.95. The molecule has 0 saturated heterocycles. The van der Waals surface area contributed by atoms with E-state index in [-0.39, 0.29) is 11.9 Å². The van der Waals surface area contributed by atoms with Gasteiger partial charge in [0.2, 0.25) is 11.0 Å². The van der Waals surface area contributed by atoms with Gasteiger partial charge >= 0.3 is 0 Å². The molecule has 1 heterocycles. The molecule has 6 heteroatoms. The fourth-order valence-corrected chi connectivity index (χ4v) is 1.60. The first-order chi connectivity index (χ1) is 6.63. The summed E-state index contributed by atoms with van der Waals surface area (Å²) in [6.45, 7) is 6.14. The summed E-state index contributed by atoms with van der Waals surface area (Å²) in [4.78, 5) is 15.4. The molecule has 0 aromatic carbocycles. The van der Waals surface area contributed by atoms with Crippen LogP contribution in [0.1, 0.15) is 19.7 Å². The molecule has 0 aliphatic rings. The molecule has 0 spiro atoms. The minimum absolute atomic E-state index is 0.0275. The number of nitrogens with zero attached hydrogens (tertiary/aromatic N) is 2. The van der Waals surface area contributed by atoms with Gasteiger partial charge in [0, 0.05) is 18.1 Å². The summed E-state index contributed by atoms with van der Waals surface area (Å²) in [5.41, 5.74) is 0. The smallest absolute Gasteiger partial charge is 0.242 e. The average Bonchev–Trinajstić information content (AvgIpc) is 2.51. The molecule has 0 radical (unpaired) electrons. The van der Waals surface area contributed by atoms with E-state index >= 15 is 0 Å². The Morgan fingerprint density at radius 2 is 2.36 bits per heavy atom. The van der Waals surface area contributed by atoms with E-state index in [1.807, 2.05) is 13.8 Å². The molecular formula is C8H14N4OS. The number of aryl methyl sites for hydroxylation is 1. The second-order valence-corrected chi connectivity index (χ2v) is 3.66. The molecule has 14 heavy (non-hydrogen) atoms. The van der Waals surface area contributed by atoms with Gasteiger partial charge in [-0.25, -0.2) is 4.98 Å². The Balaban J connectivity index is 2.48. The monoisotopic (exact) mass is 214 g/mol. The molecule has 0 aliphatic carbocycles. The van der Waals surface area contributed by atoms with Crippen molar-refractivity contribution in [2.75, 3.05) is 11.9 Å². The van der Waals surface area contributed by atoms with Crippen LogP contribution in [0.4, 0.5) is 5.13 Å². The van der Waals surface area contributed by atoms with Crippen molar-refractivity contribution >= 4 is 22.6 Å². The van der Waals surface area contributed by atoms with Crippen LogP contribution in [0, 0.1) is 6.92 Å². The van der Waals surface area contributed by atoms with E-state index in [1.54, 1.807) is 6.92 Å². The molecule has 5 nitrogen and oxygen atoms in total. The van der Waals surface area contributed by atoms with Crippen LogP contribution in [0.5, 0.6) is 0 Å². The Bertz CT molecular complexity index is 312. The molecule has 1 aromatic rings. The molecule has 1 rings (SSSR count). The number of nitrogens with one attached hydrogen (secondary N) is 2. The highest BCUT2D eigenvalue weighted by molar-refractivity contribution is 7.09. The zero-order chi connectivity index (χ0) is 10.6. The SMILES string of the molecule is CCNC(=O)C(C)Nc1nc(C)ns1. The van der Waals surface area contributed by atoms with E-state index in [2.05, 4.69) is 20.0 Å². The van der Waals surface area contributed by atoms with Crippen LogP contribution in [0.15, 0.2) is 0 Å². The predicted molar refractivity (Wildman–Crippen MR) is 56.4 cm³/mol. The lowest BCUT2D eigenvalue weighted by molar-refractivity contribution is -0.121. The third-order valence-electron chi connectivity index (χ3n) is 1.61. The second-order valence-electron chi connectivity index (χ2n) is 2.91. The lowest BCUT2D eigenvalue weighted by atomic mass is 10.3. The minimum Gasteiger partial charge on any atom is -0.355 e. The zero-order valence-corrected chi connectivity index (χ0v) is 9.31. The number of rotatable bonds is 4. The van der Waals surface area contributed by atoms with E-state index in [0.717, 1.165) is 5.82 Å². The summed E-state index contributed by atoms with van der Waals surface area (Å²) >= 11 is 1.26. The van der Waals surface area contributed by atoms with E-state index in [0.29, 0.717) is 11.7 Å². The summed E-state index contributed by atoms with van der Waals surface area (Å²) in [6.07, 6.45) is 0. The second kappa shape index (κ2) is 4.90. The number of hydrogen-bond acceptors (Lipinski definition) is 5. The van der Waals surface area contributed by atoms with Gasteiger partial charge < -0.3 is 10.6 Å². The maximum absolute atomic E-state index is 11.3. The van der Waals surface area contributed by atoms with E-state index in [1.165, 1.54) is 11.5 Å². The van der Waals surface area contributed by atoms with Crippen molar-refractivity contribution in [1.29, 1.82) is 0 Å². The Kier molecular flexibility index (Phi) is 3.82. The summed E-state index contributed by atoms with van der Waals surface area (Å²) in [5, 5.41) is 6.39. The molecule has 0 saturated carbocycles. The van der Waals surface area contributed by atoms with Crippen molar-refractivity contribution in [2.24, 2.45) is 0 Å². The maximum Gasteiger partial charge on any atom is 0.242 e. The summed E-state index contributed by atoms with van der Waals surface area (Å²) in [7, 11) is 0. The average molecular weight is 214 g/mol. The van der Waals surface area contributed by atoms with E-state index in [9.17, 15) is 4.79 Å². The summed E-state index contributed by atoms with van der Waals surface area (Å²) < 4.78 is 4.01. The van der Waals surface area contributed by atoms with Gasteiger partial charge in [-0.1, -0.05) is 0 Å². The zero-order valence-electron chi connectivity index (χ0n) is 8.50. The number of carbonyl (C=O) groups excluding carboxylic acids is 1. The third-order valence-corrected chi connectivity index (χ3v) is 2.35. The van der Waals surface area contributed by atoms with Crippen LogP contribution >= 0.6 is 11.5 Å². The van der Waals surface area contributed by atoms with Gasteiger partial charge in [-0.05, 0) is 20.8 Å². The standard InChI is InChI=1S/C8H14N4OS/c1-4-9-7(13)5(2)10-8-11-6(3)12-14-8/h5H,4H2,1-3H3,(H,9,13)(H,10,11,12). The van der Waals surface area contributed by atoms with Crippen molar-refractivity contribution in [1.82, 2.24) is 14.7 Å². The van der Waals surface area contributed by atoms with Crippen molar-refractivity contribution in [3.05, 3.63) is 5.82 Å². The predicted octanol–water partition coefficient (Wildman–Crippen LogP) is 0.783. The number of anilines is 1. The summed E-state index contributed by atoms with van der Waals surface area (Å²) in [6, 6.07) is -0.276. The van der Waals surface area contributed by atoms with Gasteiger partial charge in [0.05, 0.1) is 0 Å². The van der Waals surface area contributed by atoms with Crippen LogP contribution in [-0.4, -0.2) is 27.9 Å². The topological polar surface area (TPSA) is 66.9 Å². The molecule has 1 atom stereocenters. The largest absolute Gasteiger partial charge is 0.355 e. The van der Waals surface area contributed by atoms with Gasteiger partial charge in [0.1, 0.15) is 11.9 Å². The number of amides is 1. The highest BCUT2D eigenvalue weighted by atomic mass is 32.1. The van der Waals surface area contributed by atoms with Gasteiger partial charge in [-0.15, -0.1) is 0 Å². The highest BCUT2D eigenvalue weighted by Gasteiger charge is 2.12. The molecule has 2 N–H and O–H groups in total. The summed E-state index contributed by atoms with van der Waals surface area (Å²) in [5.74, 6) is 0.695. The molecule has 0 fully saturated rings. The molecule has 78 valence electrons. The van der Waals surface area contributed by atoms with E-state index in [4.69, 9.17) is 0 Å². The fourth-order valence-electron chi connectivity index (χ4n) is 0.934. The normalized spacial score (nSPS) is 12.2. The van der Waals surface area contributed by atoms with Crippen molar-refractivity contribution in [2.45, 2.75) is 26.8 Å². The highest BCUT2D eigenvalue weighted by Crippen LogP contribution is 2.11. The fraction of sp³-hybridized carbons (Fsp3) is 0.625.